The number of nitrogens with one attached hydrogen (secondary N) is 2. The molecule has 2 rings (SSSR count). The number of para-hydroxylation sites is 1. The van der Waals surface area contributed by atoms with Crippen LogP contribution in [-0.2, 0) is 14.8 Å². The van der Waals surface area contributed by atoms with E-state index < -0.39 is 10.0 Å². The van der Waals surface area contributed by atoms with E-state index in [0.717, 1.165) is 26.1 Å². The number of hydrogen-bond donors (Lipinski definition) is 2. The molecule has 0 saturated carbocycles. The van der Waals surface area contributed by atoms with Gasteiger partial charge in [0.15, 0.2) is 0 Å². The van der Waals surface area contributed by atoms with E-state index in [1.165, 1.54) is 0 Å². The Kier molecular flexibility index (Phi) is 5.01. The highest BCUT2D eigenvalue weighted by Crippen LogP contribution is 2.23. The predicted octanol–water partition coefficient (Wildman–Crippen LogP) is 1.96. The van der Waals surface area contributed by atoms with Crippen LogP contribution < -0.4 is 10.0 Å². The summed E-state index contributed by atoms with van der Waals surface area (Å²) in [5, 5.41) is 3.33. The molecule has 6 heteroatoms. The molecule has 0 aliphatic carbocycles. The second-order valence-electron chi connectivity index (χ2n) is 5.30. The quantitative estimate of drug-likeness (QED) is 0.872. The first-order valence-corrected chi connectivity index (χ1v) is 8.43. The van der Waals surface area contributed by atoms with Crippen molar-refractivity contribution in [3.63, 3.8) is 0 Å². The predicted molar refractivity (Wildman–Crippen MR) is 79.4 cm³/mol. The lowest BCUT2D eigenvalue weighted by atomic mass is 10.1. The van der Waals surface area contributed by atoms with Gasteiger partial charge in [0.1, 0.15) is 4.90 Å². The smallest absolute Gasteiger partial charge is 0.242 e. The van der Waals surface area contributed by atoms with E-state index >= 15 is 0 Å². The van der Waals surface area contributed by atoms with Crippen LogP contribution in [0, 0.1) is 0 Å². The lowest BCUT2D eigenvalue weighted by Crippen LogP contribution is -2.32. The molecule has 1 fully saturated rings. The van der Waals surface area contributed by atoms with Crippen LogP contribution in [0.1, 0.15) is 26.7 Å². The first-order valence-electron chi connectivity index (χ1n) is 6.94. The average molecular weight is 298 g/mol. The Morgan fingerprint density at radius 3 is 2.50 bits per heavy atom. The van der Waals surface area contributed by atoms with Crippen LogP contribution in [0.15, 0.2) is 29.2 Å². The van der Waals surface area contributed by atoms with Crippen molar-refractivity contribution in [2.75, 3.05) is 18.5 Å². The van der Waals surface area contributed by atoms with Crippen molar-refractivity contribution in [2.45, 2.75) is 43.7 Å². The van der Waals surface area contributed by atoms with Crippen LogP contribution in [0.4, 0.5) is 5.69 Å². The molecule has 112 valence electrons. The van der Waals surface area contributed by atoms with Crippen LogP contribution in [0.2, 0.25) is 0 Å². The van der Waals surface area contributed by atoms with Gasteiger partial charge in [-0.3, -0.25) is 0 Å². The molecule has 1 heterocycles. The Labute approximate surface area is 120 Å². The maximum absolute atomic E-state index is 12.3. The normalized spacial score (nSPS) is 17.4. The molecule has 1 saturated heterocycles. The molecule has 0 atom stereocenters. The number of sulfonamides is 1. The molecule has 0 aromatic heterocycles. The van der Waals surface area contributed by atoms with Crippen LogP contribution in [0.3, 0.4) is 0 Å². The van der Waals surface area contributed by atoms with Crippen LogP contribution in [0.25, 0.3) is 0 Å². The van der Waals surface area contributed by atoms with Gasteiger partial charge in [-0.15, -0.1) is 0 Å². The van der Waals surface area contributed by atoms with Gasteiger partial charge in [0.2, 0.25) is 10.0 Å². The maximum atomic E-state index is 12.3. The van der Waals surface area contributed by atoms with Gasteiger partial charge < -0.3 is 10.1 Å². The standard InChI is InChI=1S/C14H22N2O3S/c1-11(2)16-20(17,18)14-6-4-3-5-13(14)15-12-7-9-19-10-8-12/h3-6,11-12,15-16H,7-10H2,1-2H3. The molecule has 0 amide bonds. The Hall–Kier alpha value is -1.11. The monoisotopic (exact) mass is 298 g/mol. The summed E-state index contributed by atoms with van der Waals surface area (Å²) in [6.45, 7) is 5.06. The van der Waals surface area contributed by atoms with E-state index in [-0.39, 0.29) is 12.1 Å². The van der Waals surface area contributed by atoms with Crippen molar-refractivity contribution >= 4 is 15.7 Å². The molecule has 2 N–H and O–H groups in total. The number of ether oxygens (including phenoxy) is 1. The van der Waals surface area contributed by atoms with E-state index in [4.69, 9.17) is 4.74 Å². The van der Waals surface area contributed by atoms with Crippen LogP contribution in [-0.4, -0.2) is 33.7 Å². The highest BCUT2D eigenvalue weighted by molar-refractivity contribution is 7.89. The van der Waals surface area contributed by atoms with Crippen molar-refractivity contribution in [3.8, 4) is 0 Å². The molecule has 0 spiro atoms. The van der Waals surface area contributed by atoms with E-state index in [1.807, 2.05) is 26.0 Å². The third-order valence-electron chi connectivity index (χ3n) is 3.15. The molecular formula is C14H22N2O3S. The SMILES string of the molecule is CC(C)NS(=O)(=O)c1ccccc1NC1CCOCC1. The number of rotatable bonds is 5. The third kappa shape index (κ3) is 3.94. The molecular weight excluding hydrogens is 276 g/mol. The van der Waals surface area contributed by atoms with E-state index in [9.17, 15) is 8.42 Å². The fourth-order valence-corrected chi connectivity index (χ4v) is 3.68. The zero-order valence-corrected chi connectivity index (χ0v) is 12.7. The molecule has 1 aromatic carbocycles. The lowest BCUT2D eigenvalue weighted by molar-refractivity contribution is 0.0904. The van der Waals surface area contributed by atoms with Gasteiger partial charge in [-0.1, -0.05) is 12.1 Å². The molecule has 1 aliphatic heterocycles. The van der Waals surface area contributed by atoms with Gasteiger partial charge in [-0.2, -0.15) is 0 Å². The second-order valence-corrected chi connectivity index (χ2v) is 6.99. The summed E-state index contributed by atoms with van der Waals surface area (Å²) in [7, 11) is -3.48. The van der Waals surface area contributed by atoms with E-state index in [2.05, 4.69) is 10.0 Å². The third-order valence-corrected chi connectivity index (χ3v) is 4.87. The minimum Gasteiger partial charge on any atom is -0.381 e. The molecule has 1 aromatic rings. The van der Waals surface area contributed by atoms with Crippen molar-refractivity contribution in [1.82, 2.24) is 4.72 Å². The van der Waals surface area contributed by atoms with Crippen molar-refractivity contribution in [1.29, 1.82) is 0 Å². The van der Waals surface area contributed by atoms with Gasteiger partial charge in [-0.25, -0.2) is 13.1 Å². The van der Waals surface area contributed by atoms with E-state index in [0.29, 0.717) is 10.6 Å². The highest BCUT2D eigenvalue weighted by Gasteiger charge is 2.21. The second kappa shape index (κ2) is 6.56. The molecule has 20 heavy (non-hydrogen) atoms. The molecule has 0 radical (unpaired) electrons. The summed E-state index contributed by atoms with van der Waals surface area (Å²) in [5.41, 5.74) is 0.660. The number of hydrogen-bond acceptors (Lipinski definition) is 4. The molecule has 0 bridgehead atoms. The van der Waals surface area contributed by atoms with Crippen molar-refractivity contribution in [3.05, 3.63) is 24.3 Å². The zero-order chi connectivity index (χ0) is 14.6. The minimum absolute atomic E-state index is 0.129. The molecule has 5 nitrogen and oxygen atoms in total. The number of anilines is 1. The number of benzene rings is 1. The Morgan fingerprint density at radius 2 is 1.85 bits per heavy atom. The van der Waals surface area contributed by atoms with Gasteiger partial charge in [0.05, 0.1) is 5.69 Å². The summed E-state index contributed by atoms with van der Waals surface area (Å²) in [6, 6.07) is 7.16. The zero-order valence-electron chi connectivity index (χ0n) is 11.9. The van der Waals surface area contributed by atoms with Crippen molar-refractivity contribution < 1.29 is 13.2 Å². The largest absolute Gasteiger partial charge is 0.381 e. The lowest BCUT2D eigenvalue weighted by Gasteiger charge is -2.25. The fourth-order valence-electron chi connectivity index (χ4n) is 2.26. The maximum Gasteiger partial charge on any atom is 0.242 e. The average Bonchev–Trinajstić information content (AvgIpc) is 2.39. The fraction of sp³-hybridized carbons (Fsp3) is 0.571. The Bertz CT molecular complexity index is 537. The highest BCUT2D eigenvalue weighted by atomic mass is 32.2. The van der Waals surface area contributed by atoms with Gasteiger partial charge in [-0.05, 0) is 38.8 Å². The summed E-state index contributed by atoms with van der Waals surface area (Å²) >= 11 is 0. The topological polar surface area (TPSA) is 67.4 Å². The van der Waals surface area contributed by atoms with Gasteiger partial charge in [0, 0.05) is 25.3 Å². The van der Waals surface area contributed by atoms with Crippen molar-refractivity contribution in [2.24, 2.45) is 0 Å². The molecule has 1 aliphatic rings. The Morgan fingerprint density at radius 1 is 1.20 bits per heavy atom. The van der Waals surface area contributed by atoms with Crippen LogP contribution >= 0.6 is 0 Å². The first-order chi connectivity index (χ1) is 9.49. The Balaban J connectivity index is 2.21. The summed E-state index contributed by atoms with van der Waals surface area (Å²) in [5.74, 6) is 0. The summed E-state index contributed by atoms with van der Waals surface area (Å²) in [6.07, 6.45) is 1.79. The van der Waals surface area contributed by atoms with E-state index in [1.54, 1.807) is 12.1 Å². The molecule has 0 unspecified atom stereocenters. The first kappa shape index (κ1) is 15.3. The summed E-state index contributed by atoms with van der Waals surface area (Å²) in [4.78, 5) is 0.306. The van der Waals surface area contributed by atoms with Gasteiger partial charge in [0.25, 0.3) is 0 Å². The van der Waals surface area contributed by atoms with Crippen LogP contribution in [0.5, 0.6) is 0 Å². The summed E-state index contributed by atoms with van der Waals surface area (Å²) < 4.78 is 32.6. The minimum atomic E-state index is -3.48. The van der Waals surface area contributed by atoms with Gasteiger partial charge >= 0.3 is 0 Å².